The lowest BCUT2D eigenvalue weighted by Crippen LogP contribution is -2.23. The molecule has 0 N–H and O–H groups in total. The molecule has 2 aliphatic rings. The fourth-order valence-corrected chi connectivity index (χ4v) is 2.44. The van der Waals surface area contributed by atoms with E-state index >= 15 is 0 Å². The maximum atomic E-state index is 4.67. The summed E-state index contributed by atoms with van der Waals surface area (Å²) in [6.07, 6.45) is 16.1. The van der Waals surface area contributed by atoms with Crippen LogP contribution in [0, 0.1) is 13.3 Å². The van der Waals surface area contributed by atoms with Crippen molar-refractivity contribution in [3.05, 3.63) is 50.5 Å². The van der Waals surface area contributed by atoms with Crippen LogP contribution in [0.5, 0.6) is 0 Å². The maximum absolute atomic E-state index is 4.67. The normalized spacial score (nSPS) is 16.8. The molecule has 0 saturated heterocycles. The molecule has 0 unspecified atom stereocenters. The van der Waals surface area contributed by atoms with E-state index in [4.69, 9.17) is 0 Å². The number of rotatable bonds is 8. The van der Waals surface area contributed by atoms with Crippen LogP contribution in [0.3, 0.4) is 0 Å². The molecule has 0 amide bonds. The molecule has 3 heterocycles. The van der Waals surface area contributed by atoms with Crippen molar-refractivity contribution < 1.29 is 0 Å². The van der Waals surface area contributed by atoms with Crippen LogP contribution in [0.25, 0.3) is 0 Å². The van der Waals surface area contributed by atoms with Gasteiger partial charge < -0.3 is 9.80 Å². The Bertz CT molecular complexity index is 537. The van der Waals surface area contributed by atoms with Crippen molar-refractivity contribution in [2.75, 3.05) is 22.9 Å². The van der Waals surface area contributed by atoms with Crippen LogP contribution < -0.4 is 9.80 Å². The highest BCUT2D eigenvalue weighted by Crippen LogP contribution is 2.25. The second kappa shape index (κ2) is 8.04. The second-order valence-electron chi connectivity index (χ2n) is 5.87. The largest absolute Gasteiger partial charge is 0.346 e. The number of anilines is 2. The second-order valence-corrected chi connectivity index (χ2v) is 5.87. The first-order chi connectivity index (χ1) is 11.8. The lowest BCUT2D eigenvalue weighted by atomic mass is 10.3. The lowest BCUT2D eigenvalue weighted by molar-refractivity contribution is 0.450. The first-order valence-corrected chi connectivity index (χ1v) is 8.63. The molecule has 126 valence electrons. The average Bonchev–Trinajstić information content (AvgIpc) is 3.28. The number of unbranched alkanes of at least 4 members (excludes halogenated alkanes) is 2. The Labute approximate surface area is 145 Å². The van der Waals surface area contributed by atoms with Gasteiger partial charge in [0.1, 0.15) is 0 Å². The van der Waals surface area contributed by atoms with Crippen LogP contribution >= 0.6 is 0 Å². The predicted molar refractivity (Wildman–Crippen MR) is 95.0 cm³/mol. The molecule has 0 fully saturated rings. The Morgan fingerprint density at radius 1 is 0.792 bits per heavy atom. The van der Waals surface area contributed by atoms with E-state index < -0.39 is 0 Å². The van der Waals surface area contributed by atoms with E-state index in [0.29, 0.717) is 0 Å². The van der Waals surface area contributed by atoms with Crippen molar-refractivity contribution in [1.82, 2.24) is 19.8 Å². The van der Waals surface area contributed by atoms with Crippen molar-refractivity contribution >= 4 is 11.6 Å². The molecule has 2 aliphatic heterocycles. The summed E-state index contributed by atoms with van der Waals surface area (Å²) < 4.78 is 0. The molecule has 0 saturated carbocycles. The number of aromatic nitrogens is 2. The molecule has 4 radical (unpaired) electrons. The minimum atomic E-state index is 0.755. The minimum Gasteiger partial charge on any atom is -0.346 e. The van der Waals surface area contributed by atoms with E-state index in [-0.39, 0.29) is 0 Å². The minimum absolute atomic E-state index is 0.755. The zero-order chi connectivity index (χ0) is 16.8. The topological polar surface area (TPSA) is 38.7 Å². The van der Waals surface area contributed by atoms with Gasteiger partial charge in [-0.05, 0) is 12.8 Å². The van der Waals surface area contributed by atoms with E-state index in [1.54, 1.807) is 12.4 Å². The van der Waals surface area contributed by atoms with Gasteiger partial charge in [-0.1, -0.05) is 26.7 Å². The van der Waals surface area contributed by atoms with Crippen molar-refractivity contribution in [2.45, 2.75) is 39.5 Å². The van der Waals surface area contributed by atoms with Gasteiger partial charge in [0.15, 0.2) is 11.6 Å². The zero-order valence-electron chi connectivity index (χ0n) is 14.4. The summed E-state index contributed by atoms with van der Waals surface area (Å²) in [6, 6.07) is 0. The van der Waals surface area contributed by atoms with Gasteiger partial charge in [0, 0.05) is 37.9 Å². The molecule has 6 nitrogen and oxygen atoms in total. The fraction of sp³-hybridized carbons (Fsp3) is 0.444. The van der Waals surface area contributed by atoms with Gasteiger partial charge in [0.05, 0.1) is 12.4 Å². The summed E-state index contributed by atoms with van der Waals surface area (Å²) in [5.41, 5.74) is 0. The fourth-order valence-electron chi connectivity index (χ4n) is 2.44. The summed E-state index contributed by atoms with van der Waals surface area (Å²) in [5, 5.41) is 0. The van der Waals surface area contributed by atoms with Crippen LogP contribution in [0.4, 0.5) is 11.6 Å². The molecule has 6 heteroatoms. The van der Waals surface area contributed by atoms with E-state index in [1.165, 1.54) is 12.8 Å². The molecule has 0 aromatic carbocycles. The Hall–Kier alpha value is -2.24. The number of nitrogens with zero attached hydrogens (tertiary/aromatic N) is 6. The SMILES string of the molecule is CCCCN1[C]N(c2cncc(N3[C]N(CCCC)C=C3)n2)C=C1. The predicted octanol–water partition coefficient (Wildman–Crippen LogP) is 3.26. The van der Waals surface area contributed by atoms with Gasteiger partial charge in [-0.3, -0.25) is 14.8 Å². The Balaban J connectivity index is 1.60. The van der Waals surface area contributed by atoms with Crippen molar-refractivity contribution in [3.63, 3.8) is 0 Å². The smallest absolute Gasteiger partial charge is 0.214 e. The molecule has 0 bridgehead atoms. The molecule has 0 aliphatic carbocycles. The monoisotopic (exact) mass is 324 g/mol. The quantitative estimate of drug-likeness (QED) is 0.731. The van der Waals surface area contributed by atoms with Gasteiger partial charge in [0.2, 0.25) is 13.3 Å². The number of hydrogen-bond donors (Lipinski definition) is 0. The van der Waals surface area contributed by atoms with E-state index in [1.807, 2.05) is 34.6 Å². The van der Waals surface area contributed by atoms with Gasteiger partial charge in [0.25, 0.3) is 0 Å². The van der Waals surface area contributed by atoms with Crippen LogP contribution in [-0.2, 0) is 0 Å². The average molecular weight is 324 g/mol. The first-order valence-electron chi connectivity index (χ1n) is 8.63. The van der Waals surface area contributed by atoms with Crippen LogP contribution in [0.2, 0.25) is 0 Å². The molecule has 3 rings (SSSR count). The third kappa shape index (κ3) is 3.99. The molecule has 0 spiro atoms. The zero-order valence-corrected chi connectivity index (χ0v) is 14.4. The van der Waals surface area contributed by atoms with Crippen molar-refractivity contribution in [3.8, 4) is 0 Å². The van der Waals surface area contributed by atoms with Gasteiger partial charge in [-0.15, -0.1) is 0 Å². The summed E-state index contributed by atoms with van der Waals surface area (Å²) in [6.45, 7) is 12.9. The lowest BCUT2D eigenvalue weighted by Gasteiger charge is -2.20. The Kier molecular flexibility index (Phi) is 5.56. The van der Waals surface area contributed by atoms with E-state index in [2.05, 4.69) is 47.0 Å². The summed E-state index contributed by atoms with van der Waals surface area (Å²) >= 11 is 0. The highest BCUT2D eigenvalue weighted by molar-refractivity contribution is 5.52. The van der Waals surface area contributed by atoms with E-state index in [0.717, 1.165) is 37.6 Å². The van der Waals surface area contributed by atoms with Crippen LogP contribution in [0.1, 0.15) is 39.5 Å². The first kappa shape index (κ1) is 16.6. The molecular formula is C18H24N6. The molecule has 24 heavy (non-hydrogen) atoms. The number of hydrogen-bond acceptors (Lipinski definition) is 6. The van der Waals surface area contributed by atoms with Crippen LogP contribution in [0.15, 0.2) is 37.2 Å². The third-order valence-electron chi connectivity index (χ3n) is 3.87. The molecular weight excluding hydrogens is 300 g/mol. The van der Waals surface area contributed by atoms with Crippen molar-refractivity contribution in [1.29, 1.82) is 0 Å². The standard InChI is InChI=1S/C18H24N6/c1-3-5-7-21-9-11-23(15-21)17-13-19-14-18(20-17)24-12-10-22(16-24)8-6-4-2/h9-14H,3-8H2,1-2H3. The highest BCUT2D eigenvalue weighted by atomic mass is 15.4. The summed E-state index contributed by atoms with van der Waals surface area (Å²) in [7, 11) is 0. The summed E-state index contributed by atoms with van der Waals surface area (Å²) in [5.74, 6) is 1.51. The third-order valence-corrected chi connectivity index (χ3v) is 3.87. The molecule has 1 aromatic heterocycles. The van der Waals surface area contributed by atoms with Gasteiger partial charge in [-0.25, -0.2) is 4.98 Å². The van der Waals surface area contributed by atoms with Gasteiger partial charge >= 0.3 is 0 Å². The van der Waals surface area contributed by atoms with Crippen molar-refractivity contribution in [2.24, 2.45) is 0 Å². The Morgan fingerprint density at radius 2 is 1.29 bits per heavy atom. The molecule has 0 atom stereocenters. The Morgan fingerprint density at radius 3 is 1.75 bits per heavy atom. The van der Waals surface area contributed by atoms with E-state index in [9.17, 15) is 0 Å². The van der Waals surface area contributed by atoms with Crippen LogP contribution in [-0.4, -0.2) is 32.9 Å². The highest BCUT2D eigenvalue weighted by Gasteiger charge is 2.21. The maximum Gasteiger partial charge on any atom is 0.214 e. The summed E-state index contributed by atoms with van der Waals surface area (Å²) in [4.78, 5) is 16.9. The molecule has 1 aromatic rings. The van der Waals surface area contributed by atoms with Gasteiger partial charge in [-0.2, -0.15) is 0 Å².